The number of likely N-dealkylation sites (N-methyl/N-ethyl adjacent to an activating group) is 1. The van der Waals surface area contributed by atoms with Crippen LogP contribution in [0.5, 0.6) is 0 Å². The molecule has 0 aromatic rings. The Balaban J connectivity index is 2.44. The van der Waals surface area contributed by atoms with E-state index in [1.165, 1.54) is 12.8 Å². The maximum Gasteiger partial charge on any atom is 0.0484 e. The second kappa shape index (κ2) is 5.83. The lowest BCUT2D eigenvalue weighted by Crippen LogP contribution is -2.54. The molecule has 0 atom stereocenters. The van der Waals surface area contributed by atoms with Crippen LogP contribution >= 0.6 is 0 Å². The molecule has 0 aromatic heterocycles. The number of ether oxygens (including phenoxy) is 1. The van der Waals surface area contributed by atoms with Gasteiger partial charge < -0.3 is 15.4 Å². The number of nitrogens with two attached hydrogens (primary N) is 1. The molecule has 0 unspecified atom stereocenters. The molecule has 0 bridgehead atoms. The summed E-state index contributed by atoms with van der Waals surface area (Å²) in [7, 11) is 2.20. The molecule has 1 aliphatic rings. The molecule has 1 aliphatic heterocycles. The van der Waals surface area contributed by atoms with Gasteiger partial charge in [-0.25, -0.2) is 0 Å². The molecule has 0 amide bonds. The Hall–Kier alpha value is -0.120. The van der Waals surface area contributed by atoms with E-state index in [-0.39, 0.29) is 5.54 Å². The van der Waals surface area contributed by atoms with Crippen molar-refractivity contribution in [3.05, 3.63) is 0 Å². The van der Waals surface area contributed by atoms with Gasteiger partial charge in [0.1, 0.15) is 0 Å². The fraction of sp³-hybridized carbons (Fsp3) is 1.00. The minimum absolute atomic E-state index is 0.0183. The van der Waals surface area contributed by atoms with Gasteiger partial charge in [0, 0.05) is 31.3 Å². The van der Waals surface area contributed by atoms with Crippen LogP contribution in [0, 0.1) is 0 Å². The van der Waals surface area contributed by atoms with E-state index in [0.717, 1.165) is 32.6 Å². The van der Waals surface area contributed by atoms with Crippen molar-refractivity contribution in [2.45, 2.75) is 51.1 Å². The first kappa shape index (κ1) is 12.9. The Kier molecular flexibility index (Phi) is 5.03. The first-order valence-corrected chi connectivity index (χ1v) is 6.18. The molecule has 1 saturated heterocycles. The van der Waals surface area contributed by atoms with Crippen molar-refractivity contribution >= 4 is 0 Å². The van der Waals surface area contributed by atoms with E-state index in [9.17, 15) is 0 Å². The zero-order valence-corrected chi connectivity index (χ0v) is 10.5. The normalized spacial score (nSPS) is 21.2. The van der Waals surface area contributed by atoms with Gasteiger partial charge in [-0.3, -0.25) is 0 Å². The predicted molar refractivity (Wildman–Crippen MR) is 64.0 cm³/mol. The van der Waals surface area contributed by atoms with E-state index < -0.39 is 0 Å². The van der Waals surface area contributed by atoms with Crippen molar-refractivity contribution in [1.82, 2.24) is 4.90 Å². The standard InChI is InChI=1S/C12H26N2O/c1-4-11(5-2)14(3)10-12(13)6-8-15-9-7-12/h11H,4-10,13H2,1-3H3. The quantitative estimate of drug-likeness (QED) is 0.755. The van der Waals surface area contributed by atoms with Gasteiger partial charge >= 0.3 is 0 Å². The fourth-order valence-electron chi connectivity index (χ4n) is 2.47. The summed E-state index contributed by atoms with van der Waals surface area (Å²) in [6.07, 6.45) is 4.41. The van der Waals surface area contributed by atoms with E-state index in [1.54, 1.807) is 0 Å². The molecule has 15 heavy (non-hydrogen) atoms. The van der Waals surface area contributed by atoms with Crippen LogP contribution < -0.4 is 5.73 Å². The third-order valence-electron chi connectivity index (χ3n) is 3.62. The zero-order valence-electron chi connectivity index (χ0n) is 10.5. The Morgan fingerprint density at radius 1 is 1.27 bits per heavy atom. The smallest absolute Gasteiger partial charge is 0.0484 e. The van der Waals surface area contributed by atoms with Crippen molar-refractivity contribution in [3.8, 4) is 0 Å². The van der Waals surface area contributed by atoms with Crippen molar-refractivity contribution in [2.24, 2.45) is 5.73 Å². The Morgan fingerprint density at radius 3 is 2.27 bits per heavy atom. The van der Waals surface area contributed by atoms with Crippen molar-refractivity contribution in [3.63, 3.8) is 0 Å². The molecule has 1 heterocycles. The lowest BCUT2D eigenvalue weighted by molar-refractivity contribution is 0.0348. The number of rotatable bonds is 5. The molecule has 1 fully saturated rings. The molecule has 2 N–H and O–H groups in total. The highest BCUT2D eigenvalue weighted by Gasteiger charge is 2.30. The molecule has 0 saturated carbocycles. The molecule has 1 rings (SSSR count). The summed E-state index contributed by atoms with van der Waals surface area (Å²) in [6.45, 7) is 7.15. The van der Waals surface area contributed by atoms with E-state index in [4.69, 9.17) is 10.5 Å². The third-order valence-corrected chi connectivity index (χ3v) is 3.62. The summed E-state index contributed by atoms with van der Waals surface area (Å²) in [4.78, 5) is 2.42. The molecule has 3 nitrogen and oxygen atoms in total. The highest BCUT2D eigenvalue weighted by atomic mass is 16.5. The molecule has 0 aromatic carbocycles. The Morgan fingerprint density at radius 2 is 1.80 bits per heavy atom. The number of hydrogen-bond acceptors (Lipinski definition) is 3. The average Bonchev–Trinajstić information content (AvgIpc) is 2.19. The van der Waals surface area contributed by atoms with E-state index in [1.807, 2.05) is 0 Å². The summed E-state index contributed by atoms with van der Waals surface area (Å²) in [5.74, 6) is 0. The van der Waals surface area contributed by atoms with E-state index in [0.29, 0.717) is 6.04 Å². The third kappa shape index (κ3) is 3.74. The van der Waals surface area contributed by atoms with Crippen LogP contribution in [0.3, 0.4) is 0 Å². The Bertz CT molecular complexity index is 174. The highest BCUT2D eigenvalue weighted by molar-refractivity contribution is 4.90. The van der Waals surface area contributed by atoms with Gasteiger partial charge in [0.15, 0.2) is 0 Å². The topological polar surface area (TPSA) is 38.5 Å². The molecular weight excluding hydrogens is 188 g/mol. The van der Waals surface area contributed by atoms with Crippen LogP contribution in [-0.2, 0) is 4.74 Å². The summed E-state index contributed by atoms with van der Waals surface area (Å²) >= 11 is 0. The fourth-order valence-corrected chi connectivity index (χ4v) is 2.47. The van der Waals surface area contributed by atoms with Gasteiger partial charge in [0.05, 0.1) is 0 Å². The molecule has 0 aliphatic carbocycles. The van der Waals surface area contributed by atoms with Crippen LogP contribution in [-0.4, -0.2) is 43.3 Å². The minimum atomic E-state index is -0.0183. The van der Waals surface area contributed by atoms with E-state index in [2.05, 4.69) is 25.8 Å². The average molecular weight is 214 g/mol. The molecule has 0 spiro atoms. The molecule has 90 valence electrons. The van der Waals surface area contributed by atoms with Crippen molar-refractivity contribution in [1.29, 1.82) is 0 Å². The Labute approximate surface area is 94.0 Å². The minimum Gasteiger partial charge on any atom is -0.381 e. The second-order valence-corrected chi connectivity index (χ2v) is 4.86. The zero-order chi connectivity index (χ0) is 11.3. The second-order valence-electron chi connectivity index (χ2n) is 4.86. The number of nitrogens with zero attached hydrogens (tertiary/aromatic N) is 1. The van der Waals surface area contributed by atoms with Crippen LogP contribution in [0.15, 0.2) is 0 Å². The van der Waals surface area contributed by atoms with Crippen LogP contribution in [0.25, 0.3) is 0 Å². The first-order valence-electron chi connectivity index (χ1n) is 6.18. The monoisotopic (exact) mass is 214 g/mol. The summed E-state index contributed by atoms with van der Waals surface area (Å²) in [5.41, 5.74) is 6.37. The maximum absolute atomic E-state index is 6.39. The lowest BCUT2D eigenvalue weighted by Gasteiger charge is -2.39. The van der Waals surface area contributed by atoms with Crippen LogP contribution in [0.1, 0.15) is 39.5 Å². The van der Waals surface area contributed by atoms with Gasteiger partial charge in [-0.05, 0) is 32.7 Å². The van der Waals surface area contributed by atoms with Gasteiger partial charge in [-0.15, -0.1) is 0 Å². The molecule has 3 heteroatoms. The molecular formula is C12H26N2O. The van der Waals surface area contributed by atoms with Gasteiger partial charge in [0.25, 0.3) is 0 Å². The van der Waals surface area contributed by atoms with Crippen LogP contribution in [0.2, 0.25) is 0 Å². The molecule has 0 radical (unpaired) electrons. The summed E-state index contributed by atoms with van der Waals surface area (Å²) < 4.78 is 5.36. The van der Waals surface area contributed by atoms with Crippen molar-refractivity contribution < 1.29 is 4.74 Å². The summed E-state index contributed by atoms with van der Waals surface area (Å²) in [6, 6.07) is 0.674. The highest BCUT2D eigenvalue weighted by Crippen LogP contribution is 2.20. The predicted octanol–water partition coefficient (Wildman–Crippen LogP) is 1.61. The van der Waals surface area contributed by atoms with Crippen molar-refractivity contribution in [2.75, 3.05) is 26.8 Å². The SMILES string of the molecule is CCC(CC)N(C)CC1(N)CCOCC1. The number of hydrogen-bond donors (Lipinski definition) is 1. The van der Waals surface area contributed by atoms with Crippen LogP contribution in [0.4, 0.5) is 0 Å². The summed E-state index contributed by atoms with van der Waals surface area (Å²) in [5, 5.41) is 0. The van der Waals surface area contributed by atoms with E-state index >= 15 is 0 Å². The van der Waals surface area contributed by atoms with Gasteiger partial charge in [-0.2, -0.15) is 0 Å². The first-order chi connectivity index (χ1) is 7.11. The maximum atomic E-state index is 6.39. The largest absolute Gasteiger partial charge is 0.381 e. The van der Waals surface area contributed by atoms with Gasteiger partial charge in [0.2, 0.25) is 0 Å². The lowest BCUT2D eigenvalue weighted by atomic mass is 9.90. The van der Waals surface area contributed by atoms with Gasteiger partial charge in [-0.1, -0.05) is 13.8 Å².